The number of aliphatic hydroxyl groups excluding tert-OH is 3. The molecule has 0 fully saturated rings. The van der Waals surface area contributed by atoms with E-state index in [4.69, 9.17) is 0 Å². The minimum absolute atomic E-state index is 0.0395. The molecule has 0 radical (unpaired) electrons. The molecular formula is C20H28N4O8. The predicted octanol–water partition coefficient (Wildman–Crippen LogP) is 1.18. The summed E-state index contributed by atoms with van der Waals surface area (Å²) < 4.78 is 0. The highest BCUT2D eigenvalue weighted by molar-refractivity contribution is 5.43. The Hall–Kier alpha value is -3.32. The largest absolute Gasteiger partial charge is 0.508 e. The Bertz CT molecular complexity index is 871. The van der Waals surface area contributed by atoms with E-state index >= 15 is 0 Å². The van der Waals surface area contributed by atoms with Crippen molar-refractivity contribution in [3.05, 3.63) is 80.3 Å². The van der Waals surface area contributed by atoms with Gasteiger partial charge < -0.3 is 20.4 Å². The van der Waals surface area contributed by atoms with E-state index in [1.165, 1.54) is 18.2 Å². The fraction of sp³-hybridized carbons (Fsp3) is 0.400. The number of non-ortho nitro benzene ring substituents is 1. The molecule has 0 bridgehead atoms. The van der Waals surface area contributed by atoms with Crippen molar-refractivity contribution in [3.63, 3.8) is 0 Å². The van der Waals surface area contributed by atoms with Crippen LogP contribution in [0.3, 0.4) is 0 Å². The van der Waals surface area contributed by atoms with Crippen molar-refractivity contribution >= 4 is 5.69 Å². The van der Waals surface area contributed by atoms with Gasteiger partial charge in [-0.15, -0.1) is 0 Å². The van der Waals surface area contributed by atoms with Gasteiger partial charge in [-0.1, -0.05) is 6.58 Å². The van der Waals surface area contributed by atoms with Crippen LogP contribution >= 0.6 is 0 Å². The average Bonchev–Trinajstić information content (AvgIpc) is 2.72. The van der Waals surface area contributed by atoms with Gasteiger partial charge in [0, 0.05) is 68.6 Å². The summed E-state index contributed by atoms with van der Waals surface area (Å²) in [7, 11) is 0. The molecule has 0 aromatic heterocycles. The minimum Gasteiger partial charge on any atom is -0.508 e. The van der Waals surface area contributed by atoms with Gasteiger partial charge in [0.25, 0.3) is 11.4 Å². The maximum atomic E-state index is 11.0. The number of hydrogen-bond donors (Lipinski definition) is 4. The first kappa shape index (κ1) is 26.7. The van der Waals surface area contributed by atoms with Crippen molar-refractivity contribution in [3.8, 4) is 5.75 Å². The molecule has 0 atom stereocenters. The molecule has 4 N–H and O–H groups in total. The van der Waals surface area contributed by atoms with Gasteiger partial charge in [-0.3, -0.25) is 30.0 Å². The molecule has 0 spiro atoms. The smallest absolute Gasteiger partial charge is 0.270 e. The third kappa shape index (κ3) is 8.81. The van der Waals surface area contributed by atoms with E-state index < -0.39 is 15.5 Å². The van der Waals surface area contributed by atoms with Crippen LogP contribution in [0.2, 0.25) is 0 Å². The molecule has 0 amide bonds. The van der Waals surface area contributed by atoms with E-state index in [9.17, 15) is 40.7 Å². The summed E-state index contributed by atoms with van der Waals surface area (Å²) in [6.07, 6.45) is 1.10. The lowest BCUT2D eigenvalue weighted by Crippen LogP contribution is -2.38. The normalized spacial score (nSPS) is 11.7. The van der Waals surface area contributed by atoms with E-state index in [1.54, 1.807) is 9.80 Å². The van der Waals surface area contributed by atoms with Gasteiger partial charge in [-0.2, -0.15) is 0 Å². The molecule has 0 aliphatic rings. The molecule has 0 saturated heterocycles. The average molecular weight is 452 g/mol. The summed E-state index contributed by atoms with van der Waals surface area (Å²) in [5.41, 5.74) is -0.133. The second-order valence-electron chi connectivity index (χ2n) is 6.93. The number of phenolic OH excluding ortho intramolecular Hbond substituents is 1. The summed E-state index contributed by atoms with van der Waals surface area (Å²) in [5.74, 6) is -0.490. The third-order valence-corrected chi connectivity index (χ3v) is 4.57. The molecule has 32 heavy (non-hydrogen) atoms. The molecule has 0 aliphatic carbocycles. The third-order valence-electron chi connectivity index (χ3n) is 4.57. The highest BCUT2D eigenvalue weighted by atomic mass is 16.6. The van der Waals surface area contributed by atoms with Crippen LogP contribution in [0, 0.1) is 20.2 Å². The van der Waals surface area contributed by atoms with Crippen molar-refractivity contribution in [2.24, 2.45) is 0 Å². The molecule has 1 aromatic rings. The van der Waals surface area contributed by atoms with Gasteiger partial charge in [0.2, 0.25) is 0 Å². The van der Waals surface area contributed by atoms with Crippen LogP contribution in [0.15, 0.2) is 54.5 Å². The number of aliphatic hydroxyl groups is 3. The van der Waals surface area contributed by atoms with Gasteiger partial charge >= 0.3 is 0 Å². The zero-order valence-electron chi connectivity index (χ0n) is 17.6. The van der Waals surface area contributed by atoms with Gasteiger partial charge in [0.05, 0.1) is 23.1 Å². The Morgan fingerprint density at radius 2 is 1.62 bits per heavy atom. The minimum atomic E-state index is -0.701. The van der Waals surface area contributed by atoms with Crippen LogP contribution in [0.4, 0.5) is 5.69 Å². The van der Waals surface area contributed by atoms with Gasteiger partial charge in [-0.25, -0.2) is 0 Å². The first-order valence-corrected chi connectivity index (χ1v) is 9.63. The highest BCUT2D eigenvalue weighted by Crippen LogP contribution is 2.24. The van der Waals surface area contributed by atoms with Gasteiger partial charge in [0.1, 0.15) is 11.5 Å². The SMILES string of the molecule is C=C(O)/C(=C\C(=C)[N+](=O)[O-])CN(CCO)CCN(CCO)Cc1cc([N+](=O)[O-])ccc1O. The lowest BCUT2D eigenvalue weighted by atomic mass is 10.1. The fourth-order valence-electron chi connectivity index (χ4n) is 2.87. The van der Waals surface area contributed by atoms with Crippen molar-refractivity contribution in [2.45, 2.75) is 6.54 Å². The number of allylic oxidation sites excluding steroid dienone is 1. The van der Waals surface area contributed by atoms with E-state index in [1.807, 2.05) is 0 Å². The van der Waals surface area contributed by atoms with Crippen LogP contribution in [0.25, 0.3) is 0 Å². The number of rotatable bonds is 15. The second-order valence-corrected chi connectivity index (χ2v) is 6.93. The molecular weight excluding hydrogens is 424 g/mol. The van der Waals surface area contributed by atoms with E-state index in [-0.39, 0.29) is 62.2 Å². The fourth-order valence-corrected chi connectivity index (χ4v) is 2.87. The zero-order valence-corrected chi connectivity index (χ0v) is 17.6. The monoisotopic (exact) mass is 452 g/mol. The Kier molecular flexibility index (Phi) is 11.0. The Labute approximate surface area is 184 Å². The first-order chi connectivity index (χ1) is 15.1. The first-order valence-electron chi connectivity index (χ1n) is 9.63. The number of aromatic hydroxyl groups is 1. The maximum absolute atomic E-state index is 11.0. The summed E-state index contributed by atoms with van der Waals surface area (Å²) in [4.78, 5) is 24.0. The summed E-state index contributed by atoms with van der Waals surface area (Å²) >= 11 is 0. The van der Waals surface area contributed by atoms with Crippen LogP contribution in [0.1, 0.15) is 5.56 Å². The number of hydrogen-bond acceptors (Lipinski definition) is 10. The van der Waals surface area contributed by atoms with E-state index in [0.29, 0.717) is 18.7 Å². The molecule has 0 aliphatic heterocycles. The van der Waals surface area contributed by atoms with Crippen LogP contribution < -0.4 is 0 Å². The Balaban J connectivity index is 2.95. The number of nitrogens with zero attached hydrogens (tertiary/aromatic N) is 4. The molecule has 0 saturated carbocycles. The number of benzene rings is 1. The second kappa shape index (κ2) is 13.2. The Morgan fingerprint density at radius 3 is 2.16 bits per heavy atom. The summed E-state index contributed by atoms with van der Waals surface area (Å²) in [5, 5.41) is 60.4. The Morgan fingerprint density at radius 1 is 1.03 bits per heavy atom. The molecule has 1 rings (SSSR count). The molecule has 12 heteroatoms. The quantitative estimate of drug-likeness (QED) is 0.131. The molecule has 176 valence electrons. The standard InChI is InChI=1S/C20H28N4O8/c1-15(23(29)30)11-17(16(2)27)13-21(7-9-25)5-6-22(8-10-26)14-18-12-19(24(31)32)3-4-20(18)28/h3-4,11-12,25-28H,1-2,5-10,13-14H2/b17-11-. The van der Waals surface area contributed by atoms with Crippen molar-refractivity contribution in [2.75, 3.05) is 45.9 Å². The van der Waals surface area contributed by atoms with Gasteiger partial charge in [-0.05, 0) is 12.6 Å². The molecule has 1 aromatic carbocycles. The lowest BCUT2D eigenvalue weighted by molar-refractivity contribution is -0.418. The van der Waals surface area contributed by atoms with Crippen molar-refractivity contribution in [1.29, 1.82) is 0 Å². The van der Waals surface area contributed by atoms with E-state index in [2.05, 4.69) is 13.2 Å². The van der Waals surface area contributed by atoms with Crippen LogP contribution in [-0.4, -0.2) is 86.0 Å². The lowest BCUT2D eigenvalue weighted by Gasteiger charge is -2.27. The van der Waals surface area contributed by atoms with E-state index in [0.717, 1.165) is 6.08 Å². The number of nitro groups is 2. The van der Waals surface area contributed by atoms with Gasteiger partial charge in [0.15, 0.2) is 0 Å². The predicted molar refractivity (Wildman–Crippen MR) is 117 cm³/mol. The number of nitro benzene ring substituents is 1. The number of phenols is 1. The van der Waals surface area contributed by atoms with Crippen molar-refractivity contribution in [1.82, 2.24) is 9.80 Å². The topological polar surface area (TPSA) is 174 Å². The maximum Gasteiger partial charge on any atom is 0.270 e. The molecule has 0 unspecified atom stereocenters. The van der Waals surface area contributed by atoms with Crippen molar-refractivity contribution < 1.29 is 30.3 Å². The van der Waals surface area contributed by atoms with Crippen LogP contribution in [0.5, 0.6) is 5.75 Å². The highest BCUT2D eigenvalue weighted by Gasteiger charge is 2.17. The molecule has 12 nitrogen and oxygen atoms in total. The molecule has 0 heterocycles. The summed E-state index contributed by atoms with van der Waals surface area (Å²) in [6, 6.07) is 3.67. The van der Waals surface area contributed by atoms with Crippen LogP contribution in [-0.2, 0) is 6.54 Å². The summed E-state index contributed by atoms with van der Waals surface area (Å²) in [6.45, 7) is 7.48. The zero-order chi connectivity index (χ0) is 24.3.